The monoisotopic (exact) mass is 400 g/mol. The Labute approximate surface area is 171 Å². The molecule has 0 fully saturated rings. The number of carbonyl (C=O) groups is 2. The van der Waals surface area contributed by atoms with Gasteiger partial charge in [-0.15, -0.1) is 0 Å². The first kappa shape index (κ1) is 22.2. The van der Waals surface area contributed by atoms with Crippen LogP contribution in [0, 0.1) is 0 Å². The molecule has 0 spiro atoms. The Balaban J connectivity index is 1.93. The maximum atomic E-state index is 12.2. The summed E-state index contributed by atoms with van der Waals surface area (Å²) in [7, 11) is 6.67. The van der Waals surface area contributed by atoms with Gasteiger partial charge in [0, 0.05) is 36.3 Å². The lowest BCUT2D eigenvalue weighted by Gasteiger charge is -2.20. The molecule has 2 aromatic rings. The zero-order chi connectivity index (χ0) is 21.4. The zero-order valence-electron chi connectivity index (χ0n) is 17.6. The molecule has 0 radical (unpaired) electrons. The number of carbonyl (C=O) groups excluding carboxylic acids is 2. The molecular formula is C22H28N2O5. The van der Waals surface area contributed by atoms with E-state index in [1.807, 2.05) is 24.1 Å². The number of ketones is 1. The molecule has 0 heterocycles. The van der Waals surface area contributed by atoms with E-state index in [0.29, 0.717) is 48.0 Å². The highest BCUT2D eigenvalue weighted by atomic mass is 16.5. The summed E-state index contributed by atoms with van der Waals surface area (Å²) in [6, 6.07) is 10.6. The van der Waals surface area contributed by atoms with Gasteiger partial charge in [0.25, 0.3) is 0 Å². The van der Waals surface area contributed by atoms with Crippen LogP contribution in [0.15, 0.2) is 36.4 Å². The van der Waals surface area contributed by atoms with E-state index >= 15 is 0 Å². The molecule has 156 valence electrons. The fraction of sp³-hybridized carbons (Fsp3) is 0.364. The summed E-state index contributed by atoms with van der Waals surface area (Å²) in [5.41, 5.74) is 2.23. The lowest BCUT2D eigenvalue weighted by molar-refractivity contribution is -0.116. The quantitative estimate of drug-likeness (QED) is 0.616. The van der Waals surface area contributed by atoms with Gasteiger partial charge in [-0.1, -0.05) is 6.07 Å². The number of hydrogen-bond acceptors (Lipinski definition) is 6. The van der Waals surface area contributed by atoms with Gasteiger partial charge in [0.05, 0.1) is 21.3 Å². The highest BCUT2D eigenvalue weighted by molar-refractivity contribution is 5.95. The highest BCUT2D eigenvalue weighted by Crippen LogP contribution is 2.40. The van der Waals surface area contributed by atoms with Gasteiger partial charge in [0.1, 0.15) is 0 Å². The van der Waals surface area contributed by atoms with Crippen LogP contribution in [0.1, 0.15) is 29.3 Å². The van der Waals surface area contributed by atoms with Crippen molar-refractivity contribution in [3.05, 3.63) is 47.5 Å². The van der Waals surface area contributed by atoms with Gasteiger partial charge in [-0.25, -0.2) is 0 Å². The van der Waals surface area contributed by atoms with Crippen LogP contribution in [-0.4, -0.2) is 51.5 Å². The summed E-state index contributed by atoms with van der Waals surface area (Å²) < 4.78 is 16.2. The standard InChI is InChI=1S/C22H28N2O5/c1-15(25)16-6-9-18(10-7-16)23-20(26)12-13-24(2)14-17-8-11-19(27-3)22(29-5)21(17)28-4/h6-11H,12-14H2,1-5H3,(H,23,26). The molecule has 0 saturated heterocycles. The average molecular weight is 400 g/mol. The number of methoxy groups -OCH3 is 3. The van der Waals surface area contributed by atoms with Gasteiger partial charge in [-0.2, -0.15) is 0 Å². The second-order valence-corrected chi connectivity index (χ2v) is 6.66. The van der Waals surface area contributed by atoms with Crippen LogP contribution in [0.4, 0.5) is 5.69 Å². The van der Waals surface area contributed by atoms with Crippen molar-refractivity contribution >= 4 is 17.4 Å². The number of nitrogens with one attached hydrogen (secondary N) is 1. The number of nitrogens with zero attached hydrogens (tertiary/aromatic N) is 1. The molecule has 0 aliphatic heterocycles. The molecule has 0 bridgehead atoms. The normalized spacial score (nSPS) is 10.6. The molecule has 2 aromatic carbocycles. The Morgan fingerprint density at radius 1 is 0.931 bits per heavy atom. The lowest BCUT2D eigenvalue weighted by Crippen LogP contribution is -2.24. The van der Waals surface area contributed by atoms with Gasteiger partial charge >= 0.3 is 0 Å². The van der Waals surface area contributed by atoms with Gasteiger partial charge in [0.15, 0.2) is 17.3 Å². The minimum absolute atomic E-state index is 0.00454. The highest BCUT2D eigenvalue weighted by Gasteiger charge is 2.17. The SMILES string of the molecule is COc1ccc(CN(C)CCC(=O)Nc2ccc(C(C)=O)cc2)c(OC)c1OC. The summed E-state index contributed by atoms with van der Waals surface area (Å²) in [4.78, 5) is 25.6. The second-order valence-electron chi connectivity index (χ2n) is 6.66. The van der Waals surface area contributed by atoms with E-state index in [1.54, 1.807) is 45.6 Å². The first-order chi connectivity index (χ1) is 13.9. The molecule has 1 amide bonds. The van der Waals surface area contributed by atoms with E-state index in [4.69, 9.17) is 14.2 Å². The fourth-order valence-electron chi connectivity index (χ4n) is 2.96. The van der Waals surface area contributed by atoms with Crippen molar-refractivity contribution in [2.75, 3.05) is 40.2 Å². The number of amides is 1. The van der Waals surface area contributed by atoms with E-state index in [-0.39, 0.29) is 11.7 Å². The third kappa shape index (κ3) is 5.96. The molecule has 0 aliphatic rings. The van der Waals surface area contributed by atoms with Crippen LogP contribution < -0.4 is 19.5 Å². The first-order valence-electron chi connectivity index (χ1n) is 9.26. The number of hydrogen-bond donors (Lipinski definition) is 1. The molecule has 0 atom stereocenters. The summed E-state index contributed by atoms with van der Waals surface area (Å²) in [6.45, 7) is 2.66. The Hall–Kier alpha value is -3.06. The average Bonchev–Trinajstić information content (AvgIpc) is 2.72. The topological polar surface area (TPSA) is 77.1 Å². The van der Waals surface area contributed by atoms with Crippen LogP contribution in [-0.2, 0) is 11.3 Å². The first-order valence-corrected chi connectivity index (χ1v) is 9.26. The maximum absolute atomic E-state index is 12.2. The van der Waals surface area contributed by atoms with Gasteiger partial charge < -0.3 is 24.4 Å². The molecular weight excluding hydrogens is 372 g/mol. The predicted molar refractivity (Wildman–Crippen MR) is 112 cm³/mol. The van der Waals surface area contributed by atoms with Crippen LogP contribution in [0.5, 0.6) is 17.2 Å². The molecule has 2 rings (SSSR count). The Morgan fingerprint density at radius 2 is 1.59 bits per heavy atom. The Kier molecular flexibility index (Phi) is 8.03. The number of ether oxygens (including phenoxy) is 3. The molecule has 29 heavy (non-hydrogen) atoms. The van der Waals surface area contributed by atoms with Crippen molar-refractivity contribution in [3.63, 3.8) is 0 Å². The summed E-state index contributed by atoms with van der Waals surface area (Å²) in [5.74, 6) is 1.68. The largest absolute Gasteiger partial charge is 0.493 e. The van der Waals surface area contributed by atoms with Crippen molar-refractivity contribution < 1.29 is 23.8 Å². The summed E-state index contributed by atoms with van der Waals surface area (Å²) in [6.07, 6.45) is 0.334. The van der Waals surface area contributed by atoms with E-state index in [2.05, 4.69) is 5.32 Å². The Morgan fingerprint density at radius 3 is 2.14 bits per heavy atom. The van der Waals surface area contributed by atoms with E-state index in [0.717, 1.165) is 5.56 Å². The van der Waals surface area contributed by atoms with Crippen molar-refractivity contribution in [1.82, 2.24) is 4.90 Å². The van der Waals surface area contributed by atoms with E-state index in [9.17, 15) is 9.59 Å². The molecule has 1 N–H and O–H groups in total. The number of Topliss-reactive ketones (excluding diaryl/α,β-unsaturated/α-hetero) is 1. The number of benzene rings is 2. The van der Waals surface area contributed by atoms with Crippen LogP contribution >= 0.6 is 0 Å². The summed E-state index contributed by atoms with van der Waals surface area (Å²) in [5, 5.41) is 2.85. The third-order valence-electron chi connectivity index (χ3n) is 4.52. The fourth-order valence-corrected chi connectivity index (χ4v) is 2.96. The van der Waals surface area contributed by atoms with Crippen molar-refractivity contribution in [2.24, 2.45) is 0 Å². The van der Waals surface area contributed by atoms with Crippen molar-refractivity contribution in [2.45, 2.75) is 19.9 Å². The molecule has 0 aliphatic carbocycles. The van der Waals surface area contributed by atoms with Crippen LogP contribution in [0.25, 0.3) is 0 Å². The van der Waals surface area contributed by atoms with E-state index < -0.39 is 0 Å². The molecule has 0 unspecified atom stereocenters. The minimum Gasteiger partial charge on any atom is -0.493 e. The van der Waals surface area contributed by atoms with E-state index in [1.165, 1.54) is 6.92 Å². The van der Waals surface area contributed by atoms with Crippen LogP contribution in [0.2, 0.25) is 0 Å². The molecule has 7 heteroatoms. The predicted octanol–water partition coefficient (Wildman–Crippen LogP) is 3.38. The summed E-state index contributed by atoms with van der Waals surface area (Å²) >= 11 is 0. The third-order valence-corrected chi connectivity index (χ3v) is 4.52. The van der Waals surface area contributed by atoms with Gasteiger partial charge in [-0.05, 0) is 44.3 Å². The Bertz CT molecular complexity index is 849. The smallest absolute Gasteiger partial charge is 0.225 e. The number of rotatable bonds is 10. The molecule has 7 nitrogen and oxygen atoms in total. The molecule has 0 aromatic heterocycles. The zero-order valence-corrected chi connectivity index (χ0v) is 17.6. The van der Waals surface area contributed by atoms with Crippen LogP contribution in [0.3, 0.4) is 0 Å². The second kappa shape index (κ2) is 10.5. The van der Waals surface area contributed by atoms with Gasteiger partial charge in [-0.3, -0.25) is 9.59 Å². The number of anilines is 1. The van der Waals surface area contributed by atoms with Gasteiger partial charge in [0.2, 0.25) is 11.7 Å². The maximum Gasteiger partial charge on any atom is 0.225 e. The van der Waals surface area contributed by atoms with Crippen molar-refractivity contribution in [3.8, 4) is 17.2 Å². The minimum atomic E-state index is -0.0910. The van der Waals surface area contributed by atoms with Crippen molar-refractivity contribution in [1.29, 1.82) is 0 Å². The molecule has 0 saturated carbocycles. The lowest BCUT2D eigenvalue weighted by atomic mass is 10.1.